The SMILES string of the molecule is CC(N=Nc1nc(-c2ccc([N+](=O)[O-])cc2)cs1)c1ccncc1. The zero-order chi connectivity index (χ0) is 16.9. The lowest BCUT2D eigenvalue weighted by Crippen LogP contribution is -1.88. The van der Waals surface area contributed by atoms with E-state index >= 15 is 0 Å². The lowest BCUT2D eigenvalue weighted by atomic mass is 10.1. The standard InChI is InChI=1S/C16H13N5O2S/c1-11(12-6-8-17-9-7-12)19-20-16-18-15(10-24-16)13-2-4-14(5-3-13)21(22)23/h2-11H,1H3. The van der Waals surface area contributed by atoms with Gasteiger partial charge in [0, 0.05) is 35.5 Å². The number of rotatable bonds is 5. The monoisotopic (exact) mass is 339 g/mol. The molecule has 3 rings (SSSR count). The highest BCUT2D eigenvalue weighted by atomic mass is 32.1. The third-order valence-corrected chi connectivity index (χ3v) is 4.10. The Morgan fingerprint density at radius 3 is 2.54 bits per heavy atom. The van der Waals surface area contributed by atoms with E-state index in [0.717, 1.165) is 16.8 Å². The summed E-state index contributed by atoms with van der Waals surface area (Å²) in [5.41, 5.74) is 2.61. The van der Waals surface area contributed by atoms with Crippen LogP contribution in [-0.4, -0.2) is 14.9 Å². The van der Waals surface area contributed by atoms with Gasteiger partial charge in [0.05, 0.1) is 16.7 Å². The molecule has 2 heterocycles. The fourth-order valence-electron chi connectivity index (χ4n) is 2.04. The molecule has 8 heteroatoms. The molecule has 0 aliphatic carbocycles. The highest BCUT2D eigenvalue weighted by Crippen LogP contribution is 2.29. The van der Waals surface area contributed by atoms with Crippen molar-refractivity contribution >= 4 is 22.2 Å². The molecule has 120 valence electrons. The first-order valence-electron chi connectivity index (χ1n) is 7.14. The Hall–Kier alpha value is -3.00. The highest BCUT2D eigenvalue weighted by Gasteiger charge is 2.08. The zero-order valence-electron chi connectivity index (χ0n) is 12.7. The predicted octanol–water partition coefficient (Wildman–Crippen LogP) is 4.96. The first-order valence-corrected chi connectivity index (χ1v) is 8.02. The molecule has 0 saturated heterocycles. The van der Waals surface area contributed by atoms with Crippen LogP contribution in [0.25, 0.3) is 11.3 Å². The minimum absolute atomic E-state index is 0.0556. The van der Waals surface area contributed by atoms with Crippen molar-refractivity contribution in [1.29, 1.82) is 0 Å². The van der Waals surface area contributed by atoms with Gasteiger partial charge in [-0.2, -0.15) is 5.11 Å². The van der Waals surface area contributed by atoms with Crippen LogP contribution >= 0.6 is 11.3 Å². The van der Waals surface area contributed by atoms with Crippen LogP contribution in [0.3, 0.4) is 0 Å². The number of nitro benzene ring substituents is 1. The van der Waals surface area contributed by atoms with Gasteiger partial charge in [0.15, 0.2) is 0 Å². The average Bonchev–Trinajstić information content (AvgIpc) is 3.09. The summed E-state index contributed by atoms with van der Waals surface area (Å²) in [6.07, 6.45) is 3.44. The van der Waals surface area contributed by atoms with Crippen molar-refractivity contribution < 1.29 is 4.92 Å². The second-order valence-electron chi connectivity index (χ2n) is 4.99. The lowest BCUT2D eigenvalue weighted by Gasteiger charge is -2.02. The molecule has 0 N–H and O–H groups in total. The number of nitro groups is 1. The van der Waals surface area contributed by atoms with E-state index in [0.29, 0.717) is 5.13 Å². The zero-order valence-corrected chi connectivity index (χ0v) is 13.6. The molecule has 0 spiro atoms. The van der Waals surface area contributed by atoms with Gasteiger partial charge in [-0.1, -0.05) is 0 Å². The summed E-state index contributed by atoms with van der Waals surface area (Å²) in [6, 6.07) is 9.98. The molecule has 7 nitrogen and oxygen atoms in total. The minimum Gasteiger partial charge on any atom is -0.265 e. The third kappa shape index (κ3) is 3.66. The maximum Gasteiger partial charge on any atom is 0.269 e. The quantitative estimate of drug-likeness (QED) is 0.373. The number of aromatic nitrogens is 2. The Morgan fingerprint density at radius 1 is 1.17 bits per heavy atom. The third-order valence-electron chi connectivity index (χ3n) is 3.37. The van der Waals surface area contributed by atoms with Crippen LogP contribution in [0.15, 0.2) is 64.4 Å². The topological polar surface area (TPSA) is 93.6 Å². The van der Waals surface area contributed by atoms with Crippen molar-refractivity contribution in [2.24, 2.45) is 10.2 Å². The van der Waals surface area contributed by atoms with Crippen LogP contribution in [0, 0.1) is 10.1 Å². The molecule has 2 aromatic heterocycles. The summed E-state index contributed by atoms with van der Waals surface area (Å²) < 4.78 is 0. The lowest BCUT2D eigenvalue weighted by molar-refractivity contribution is -0.384. The molecule has 0 aliphatic heterocycles. The Bertz CT molecular complexity index is 862. The van der Waals surface area contributed by atoms with Crippen molar-refractivity contribution in [1.82, 2.24) is 9.97 Å². The number of hydrogen-bond donors (Lipinski definition) is 0. The van der Waals surface area contributed by atoms with Crippen LogP contribution in [0.1, 0.15) is 18.5 Å². The average molecular weight is 339 g/mol. The fourth-order valence-corrected chi connectivity index (χ4v) is 2.69. The maximum absolute atomic E-state index is 10.7. The van der Waals surface area contributed by atoms with Crippen molar-refractivity contribution in [3.05, 3.63) is 69.8 Å². The molecule has 0 radical (unpaired) electrons. The van der Waals surface area contributed by atoms with Crippen LogP contribution in [0.4, 0.5) is 10.8 Å². The largest absolute Gasteiger partial charge is 0.269 e. The summed E-state index contributed by atoms with van der Waals surface area (Å²) in [6.45, 7) is 1.95. The summed E-state index contributed by atoms with van der Waals surface area (Å²) in [5, 5.41) is 21.5. The van der Waals surface area contributed by atoms with E-state index in [4.69, 9.17) is 0 Å². The molecule has 0 aliphatic rings. The van der Waals surface area contributed by atoms with E-state index in [2.05, 4.69) is 20.2 Å². The summed E-state index contributed by atoms with van der Waals surface area (Å²) >= 11 is 1.37. The van der Waals surface area contributed by atoms with E-state index in [1.165, 1.54) is 23.5 Å². The molecule has 1 atom stereocenters. The van der Waals surface area contributed by atoms with Crippen molar-refractivity contribution in [2.45, 2.75) is 13.0 Å². The van der Waals surface area contributed by atoms with Gasteiger partial charge >= 0.3 is 0 Å². The molecule has 0 amide bonds. The summed E-state index contributed by atoms with van der Waals surface area (Å²) in [7, 11) is 0. The fraction of sp³-hybridized carbons (Fsp3) is 0.125. The van der Waals surface area contributed by atoms with Crippen LogP contribution in [-0.2, 0) is 0 Å². The Labute approximate surface area is 141 Å². The van der Waals surface area contributed by atoms with Gasteiger partial charge < -0.3 is 0 Å². The number of pyridine rings is 1. The van der Waals surface area contributed by atoms with Gasteiger partial charge in [0.2, 0.25) is 5.13 Å². The van der Waals surface area contributed by atoms with Crippen molar-refractivity contribution in [3.8, 4) is 11.3 Å². The van der Waals surface area contributed by atoms with Gasteiger partial charge in [0.25, 0.3) is 5.69 Å². The van der Waals surface area contributed by atoms with Crippen LogP contribution in [0.5, 0.6) is 0 Å². The number of thiazole rings is 1. The molecule has 0 fully saturated rings. The van der Waals surface area contributed by atoms with Crippen LogP contribution < -0.4 is 0 Å². The van der Waals surface area contributed by atoms with Gasteiger partial charge in [-0.3, -0.25) is 15.1 Å². The van der Waals surface area contributed by atoms with E-state index < -0.39 is 4.92 Å². The van der Waals surface area contributed by atoms with E-state index in [-0.39, 0.29) is 11.7 Å². The van der Waals surface area contributed by atoms with Gasteiger partial charge in [-0.05, 0) is 36.8 Å². The molecular formula is C16H13N5O2S. The molecule has 1 aromatic carbocycles. The van der Waals surface area contributed by atoms with E-state index in [1.807, 2.05) is 24.4 Å². The molecule has 0 saturated carbocycles. The minimum atomic E-state index is -0.426. The molecule has 1 unspecified atom stereocenters. The Morgan fingerprint density at radius 2 is 1.88 bits per heavy atom. The van der Waals surface area contributed by atoms with Gasteiger partial charge in [0.1, 0.15) is 0 Å². The second kappa shape index (κ2) is 7.05. The number of nitrogens with zero attached hydrogens (tertiary/aromatic N) is 5. The number of hydrogen-bond acceptors (Lipinski definition) is 7. The smallest absolute Gasteiger partial charge is 0.265 e. The van der Waals surface area contributed by atoms with Crippen molar-refractivity contribution in [3.63, 3.8) is 0 Å². The predicted molar refractivity (Wildman–Crippen MR) is 91.4 cm³/mol. The number of azo groups is 1. The maximum atomic E-state index is 10.7. The van der Waals surface area contributed by atoms with E-state index in [1.54, 1.807) is 24.5 Å². The number of benzene rings is 1. The summed E-state index contributed by atoms with van der Waals surface area (Å²) in [4.78, 5) is 18.6. The van der Waals surface area contributed by atoms with Crippen LogP contribution in [0.2, 0.25) is 0 Å². The molecule has 3 aromatic rings. The Balaban J connectivity index is 1.73. The molecule has 0 bridgehead atoms. The van der Waals surface area contributed by atoms with Gasteiger partial charge in [-0.15, -0.1) is 16.5 Å². The second-order valence-corrected chi connectivity index (χ2v) is 5.83. The van der Waals surface area contributed by atoms with Crippen molar-refractivity contribution in [2.75, 3.05) is 0 Å². The first-order chi connectivity index (χ1) is 11.6. The number of non-ortho nitro benzene ring substituents is 1. The molecular weight excluding hydrogens is 326 g/mol. The van der Waals surface area contributed by atoms with E-state index in [9.17, 15) is 10.1 Å². The molecule has 24 heavy (non-hydrogen) atoms. The normalized spacial score (nSPS) is 12.4. The highest BCUT2D eigenvalue weighted by molar-refractivity contribution is 7.13. The first kappa shape index (κ1) is 15.9. The Kier molecular flexibility index (Phi) is 4.66. The summed E-state index contributed by atoms with van der Waals surface area (Å²) in [5.74, 6) is 0. The van der Waals surface area contributed by atoms with Gasteiger partial charge in [-0.25, -0.2) is 4.98 Å².